The molecule has 1 aromatic rings. The van der Waals surface area contributed by atoms with Crippen molar-refractivity contribution in [1.82, 2.24) is 4.90 Å². The van der Waals surface area contributed by atoms with Gasteiger partial charge in [0.1, 0.15) is 11.5 Å². The maximum Gasteiger partial charge on any atom is 0.125 e. The van der Waals surface area contributed by atoms with Crippen LogP contribution in [0.4, 0.5) is 0 Å². The van der Waals surface area contributed by atoms with Crippen LogP contribution >= 0.6 is 15.9 Å². The largest absolute Gasteiger partial charge is 0.497 e. The Hall–Kier alpha value is -0.740. The quantitative estimate of drug-likeness (QED) is 0.593. The Labute approximate surface area is 105 Å². The Morgan fingerprint density at radius 2 is 2.00 bits per heavy atom. The van der Waals surface area contributed by atoms with E-state index >= 15 is 0 Å². The number of alkyl halides is 1. The van der Waals surface area contributed by atoms with E-state index in [1.807, 2.05) is 12.1 Å². The first-order valence-corrected chi connectivity index (χ1v) is 6.28. The lowest BCUT2D eigenvalue weighted by Gasteiger charge is -2.14. The van der Waals surface area contributed by atoms with Crippen molar-refractivity contribution in [3.63, 3.8) is 0 Å². The van der Waals surface area contributed by atoms with Gasteiger partial charge >= 0.3 is 0 Å². The molecule has 0 saturated carbocycles. The van der Waals surface area contributed by atoms with Crippen LogP contribution in [0, 0.1) is 0 Å². The fourth-order valence-corrected chi connectivity index (χ4v) is 1.68. The van der Waals surface area contributed by atoms with Gasteiger partial charge in [0.05, 0.1) is 19.7 Å². The molecule has 1 aromatic carbocycles. The third-order valence-electron chi connectivity index (χ3n) is 2.46. The molecule has 0 aromatic heterocycles. The molecule has 0 bridgehead atoms. The second-order valence-electron chi connectivity index (χ2n) is 3.63. The number of likely N-dealkylation sites (N-methyl/N-ethyl adjacent to an activating group) is 1. The second-order valence-corrected chi connectivity index (χ2v) is 4.13. The number of halogens is 1. The van der Waals surface area contributed by atoms with Crippen molar-refractivity contribution in [3.05, 3.63) is 23.8 Å². The van der Waals surface area contributed by atoms with Crippen LogP contribution in [-0.2, 0) is 6.42 Å². The topological polar surface area (TPSA) is 21.7 Å². The number of methoxy groups -OCH3 is 2. The highest BCUT2D eigenvalue weighted by molar-refractivity contribution is 9.09. The van der Waals surface area contributed by atoms with E-state index < -0.39 is 0 Å². The number of hydrogen-bond acceptors (Lipinski definition) is 3. The molecular weight excluding hydrogens is 270 g/mol. The molecule has 0 spiro atoms. The molecule has 4 heteroatoms. The summed E-state index contributed by atoms with van der Waals surface area (Å²) in [5.41, 5.74) is 2.09. The van der Waals surface area contributed by atoms with Crippen molar-refractivity contribution in [1.29, 1.82) is 0 Å². The predicted molar refractivity (Wildman–Crippen MR) is 69.7 cm³/mol. The minimum absolute atomic E-state index is 0.828. The van der Waals surface area contributed by atoms with Gasteiger partial charge in [-0.25, -0.2) is 0 Å². The average molecular weight is 288 g/mol. The van der Waals surface area contributed by atoms with Crippen LogP contribution in [0.2, 0.25) is 0 Å². The van der Waals surface area contributed by atoms with Gasteiger partial charge in [0.25, 0.3) is 0 Å². The molecule has 90 valence electrons. The Bertz CT molecular complexity index is 331. The van der Waals surface area contributed by atoms with Crippen molar-refractivity contribution in [2.24, 2.45) is 0 Å². The molecule has 0 unspecified atom stereocenters. The smallest absolute Gasteiger partial charge is 0.125 e. The minimum Gasteiger partial charge on any atom is -0.497 e. The molecule has 0 fully saturated rings. The minimum atomic E-state index is 0.828. The Morgan fingerprint density at radius 3 is 2.56 bits per heavy atom. The van der Waals surface area contributed by atoms with Crippen LogP contribution in [-0.4, -0.2) is 38.2 Å². The zero-order valence-electron chi connectivity index (χ0n) is 10.00. The summed E-state index contributed by atoms with van der Waals surface area (Å²) in [6.45, 7) is 0.994. The number of hydrogen-bond donors (Lipinski definition) is 0. The zero-order chi connectivity index (χ0) is 12.0. The highest BCUT2D eigenvalue weighted by atomic mass is 79.9. The molecule has 0 N–H and O–H groups in total. The Morgan fingerprint density at radius 1 is 1.25 bits per heavy atom. The number of rotatable bonds is 6. The molecule has 0 heterocycles. The fraction of sp³-hybridized carbons (Fsp3) is 0.500. The van der Waals surface area contributed by atoms with Gasteiger partial charge in [0.15, 0.2) is 0 Å². The van der Waals surface area contributed by atoms with E-state index in [1.54, 1.807) is 14.2 Å². The summed E-state index contributed by atoms with van der Waals surface area (Å²) in [6.07, 6.45) is 0.968. The fourth-order valence-electron chi connectivity index (χ4n) is 1.43. The van der Waals surface area contributed by atoms with Gasteiger partial charge in [-0.1, -0.05) is 22.0 Å². The lowest BCUT2D eigenvalue weighted by Crippen LogP contribution is -2.19. The molecule has 0 saturated heterocycles. The normalized spacial score (nSPS) is 10.6. The van der Waals surface area contributed by atoms with Gasteiger partial charge in [0, 0.05) is 12.6 Å². The van der Waals surface area contributed by atoms with E-state index in [1.165, 1.54) is 5.56 Å². The number of ether oxygens (including phenoxy) is 2. The average Bonchev–Trinajstić information content (AvgIpc) is 2.35. The van der Waals surface area contributed by atoms with Crippen molar-refractivity contribution >= 4 is 15.9 Å². The Balaban J connectivity index is 2.71. The summed E-state index contributed by atoms with van der Waals surface area (Å²) in [5.74, 6) is 1.72. The van der Waals surface area contributed by atoms with Crippen LogP contribution in [0.15, 0.2) is 18.2 Å². The van der Waals surface area contributed by atoms with Crippen molar-refractivity contribution < 1.29 is 9.47 Å². The molecule has 0 radical (unpaired) electrons. The second kappa shape index (κ2) is 6.76. The number of benzene rings is 1. The summed E-state index contributed by atoms with van der Waals surface area (Å²) in [7, 11) is 5.42. The maximum atomic E-state index is 5.34. The van der Waals surface area contributed by atoms with Crippen LogP contribution in [0.25, 0.3) is 0 Å². The molecule has 1 rings (SSSR count). The molecule has 0 aliphatic carbocycles. The molecule has 3 nitrogen and oxygen atoms in total. The summed E-state index contributed by atoms with van der Waals surface area (Å²) in [4.78, 5) is 2.20. The monoisotopic (exact) mass is 287 g/mol. The summed E-state index contributed by atoms with van der Waals surface area (Å²) < 4.78 is 10.5. The molecule has 0 aliphatic heterocycles. The summed E-state index contributed by atoms with van der Waals surface area (Å²) in [6, 6.07) is 5.94. The standard InChI is InChI=1S/C12H18BrNO2/c1-14(9-13)7-6-10-4-5-11(15-2)8-12(10)16-3/h4-5,8H,6-7,9H2,1-3H3. The lowest BCUT2D eigenvalue weighted by atomic mass is 10.1. The van der Waals surface area contributed by atoms with E-state index in [2.05, 4.69) is 33.9 Å². The first-order chi connectivity index (χ1) is 7.71. The Kier molecular flexibility index (Phi) is 5.63. The van der Waals surface area contributed by atoms with Crippen LogP contribution in [0.1, 0.15) is 5.56 Å². The third kappa shape index (κ3) is 3.68. The predicted octanol–water partition coefficient (Wildman–Crippen LogP) is 2.53. The zero-order valence-corrected chi connectivity index (χ0v) is 11.6. The summed E-state index contributed by atoms with van der Waals surface area (Å²) in [5, 5.41) is 0. The first kappa shape index (κ1) is 13.3. The van der Waals surface area contributed by atoms with Gasteiger partial charge in [-0.3, -0.25) is 4.90 Å². The van der Waals surface area contributed by atoms with Crippen LogP contribution < -0.4 is 9.47 Å². The highest BCUT2D eigenvalue weighted by Crippen LogP contribution is 2.24. The SMILES string of the molecule is COc1ccc(CCN(C)CBr)c(OC)c1. The maximum absolute atomic E-state index is 5.34. The van der Waals surface area contributed by atoms with E-state index in [9.17, 15) is 0 Å². The van der Waals surface area contributed by atoms with Gasteiger partial charge in [-0.15, -0.1) is 0 Å². The van der Waals surface area contributed by atoms with Crippen molar-refractivity contribution in [2.45, 2.75) is 6.42 Å². The molecule has 0 atom stereocenters. The third-order valence-corrected chi connectivity index (χ3v) is 3.32. The molecule has 0 aliphatic rings. The van der Waals surface area contributed by atoms with Crippen LogP contribution in [0.5, 0.6) is 11.5 Å². The van der Waals surface area contributed by atoms with Gasteiger partial charge in [0.2, 0.25) is 0 Å². The van der Waals surface area contributed by atoms with Crippen LogP contribution in [0.3, 0.4) is 0 Å². The molecular formula is C12H18BrNO2. The van der Waals surface area contributed by atoms with Gasteiger partial charge in [-0.2, -0.15) is 0 Å². The number of nitrogens with zero attached hydrogens (tertiary/aromatic N) is 1. The van der Waals surface area contributed by atoms with Crippen molar-refractivity contribution in [3.8, 4) is 11.5 Å². The van der Waals surface area contributed by atoms with E-state index in [4.69, 9.17) is 9.47 Å². The highest BCUT2D eigenvalue weighted by Gasteiger charge is 2.05. The van der Waals surface area contributed by atoms with Crippen molar-refractivity contribution in [2.75, 3.05) is 33.3 Å². The molecule has 16 heavy (non-hydrogen) atoms. The van der Waals surface area contributed by atoms with E-state index in [0.717, 1.165) is 29.9 Å². The summed E-state index contributed by atoms with van der Waals surface area (Å²) >= 11 is 3.42. The van der Waals surface area contributed by atoms with E-state index in [0.29, 0.717) is 0 Å². The van der Waals surface area contributed by atoms with E-state index in [-0.39, 0.29) is 0 Å². The lowest BCUT2D eigenvalue weighted by molar-refractivity contribution is 0.379. The molecule has 0 amide bonds. The van der Waals surface area contributed by atoms with Gasteiger partial charge < -0.3 is 9.47 Å². The first-order valence-electron chi connectivity index (χ1n) is 5.16. The van der Waals surface area contributed by atoms with Gasteiger partial charge in [-0.05, 0) is 25.1 Å².